The molecule has 1 unspecified atom stereocenters. The lowest BCUT2D eigenvalue weighted by Gasteiger charge is -2.07. The number of aryl methyl sites for hydroxylation is 2. The molecule has 2 aromatic carbocycles. The average molecular weight is 402 g/mol. The van der Waals surface area contributed by atoms with E-state index in [1.807, 2.05) is 35.7 Å². The maximum atomic E-state index is 12.5. The van der Waals surface area contributed by atoms with E-state index in [0.29, 0.717) is 11.4 Å². The van der Waals surface area contributed by atoms with Crippen molar-refractivity contribution in [3.63, 3.8) is 0 Å². The normalized spacial score (nSPS) is 11.3. The second kappa shape index (κ2) is 7.95. The Kier molecular flexibility index (Phi) is 5.20. The van der Waals surface area contributed by atoms with Gasteiger partial charge in [-0.1, -0.05) is 35.4 Å². The largest absolute Gasteiger partial charge is 0.307 e. The van der Waals surface area contributed by atoms with Crippen molar-refractivity contribution in [1.29, 1.82) is 0 Å². The van der Waals surface area contributed by atoms with E-state index in [0.717, 1.165) is 22.4 Å². The van der Waals surface area contributed by atoms with Crippen LogP contribution < -0.4 is 10.5 Å². The van der Waals surface area contributed by atoms with Crippen LogP contribution in [0.3, 0.4) is 0 Å². The Labute approximate surface area is 172 Å². The molecule has 0 spiro atoms. The minimum Gasteiger partial charge on any atom is -0.307 e. The maximum absolute atomic E-state index is 12.5. The molecule has 0 fully saturated rings. The zero-order chi connectivity index (χ0) is 20.4. The van der Waals surface area contributed by atoms with Gasteiger partial charge in [0.05, 0.1) is 5.56 Å². The van der Waals surface area contributed by atoms with Crippen LogP contribution in [0.2, 0.25) is 0 Å². The van der Waals surface area contributed by atoms with Gasteiger partial charge < -0.3 is 5.32 Å². The summed E-state index contributed by atoms with van der Waals surface area (Å²) in [7, 11) is -0.676. The van der Waals surface area contributed by atoms with Gasteiger partial charge >= 0.3 is 0 Å². The third kappa shape index (κ3) is 4.23. The third-order valence-electron chi connectivity index (χ3n) is 4.53. The molecule has 6 heteroatoms. The summed E-state index contributed by atoms with van der Waals surface area (Å²) < 4.78 is 4.66. The molecule has 29 heavy (non-hydrogen) atoms. The van der Waals surface area contributed by atoms with Gasteiger partial charge in [-0.3, -0.25) is 4.79 Å². The molecule has 2 heterocycles. The minimum absolute atomic E-state index is 0.197. The van der Waals surface area contributed by atoms with Gasteiger partial charge in [-0.05, 0) is 60.2 Å². The Balaban J connectivity index is 1.70. The second-order valence-electron chi connectivity index (χ2n) is 6.94. The summed E-state index contributed by atoms with van der Waals surface area (Å²) in [5, 5.41) is 11.0. The Hall–Kier alpha value is -3.35. The van der Waals surface area contributed by atoms with Crippen LogP contribution in [0, 0.1) is 13.8 Å². The van der Waals surface area contributed by atoms with Gasteiger partial charge in [-0.2, -0.15) is 0 Å². The fourth-order valence-electron chi connectivity index (χ4n) is 3.33. The van der Waals surface area contributed by atoms with Crippen molar-refractivity contribution in [2.24, 2.45) is 0 Å². The highest BCUT2D eigenvalue weighted by atomic mass is 32.2. The maximum Gasteiger partial charge on any atom is 0.256 e. The average Bonchev–Trinajstić information content (AvgIpc) is 3.10. The summed E-state index contributed by atoms with van der Waals surface area (Å²) in [5.41, 5.74) is 6.73. The molecule has 144 valence electrons. The first-order valence-electron chi connectivity index (χ1n) is 9.19. The molecule has 4 aromatic rings. The molecule has 0 radical (unpaired) electrons. The molecule has 0 aliphatic heterocycles. The smallest absolute Gasteiger partial charge is 0.256 e. The van der Waals surface area contributed by atoms with Crippen LogP contribution in [0.25, 0.3) is 22.4 Å². The van der Waals surface area contributed by atoms with E-state index in [1.165, 1.54) is 11.1 Å². The first-order valence-corrected chi connectivity index (χ1v) is 10.5. The van der Waals surface area contributed by atoms with Gasteiger partial charge in [0.25, 0.3) is 5.91 Å². The molecule has 1 amide bonds. The van der Waals surface area contributed by atoms with E-state index in [9.17, 15) is 4.79 Å². The predicted octanol–water partition coefficient (Wildman–Crippen LogP) is 5.14. The van der Waals surface area contributed by atoms with Gasteiger partial charge in [-0.25, -0.2) is 4.98 Å². The fourth-order valence-corrected chi connectivity index (χ4v) is 4.28. The quantitative estimate of drug-likeness (QED) is 0.464. The van der Waals surface area contributed by atoms with Crippen LogP contribution in [0.5, 0.6) is 0 Å². The van der Waals surface area contributed by atoms with Gasteiger partial charge in [0, 0.05) is 17.3 Å². The van der Waals surface area contributed by atoms with E-state index in [-0.39, 0.29) is 5.91 Å². The molecular formula is C23H21N4OS+. The highest BCUT2D eigenvalue weighted by molar-refractivity contribution is 7.24. The molecule has 3 N–H and O–H groups in total. The molecule has 0 saturated heterocycles. The van der Waals surface area contributed by atoms with Gasteiger partial charge in [0.2, 0.25) is 0 Å². The number of anilines is 1. The zero-order valence-corrected chi connectivity index (χ0v) is 17.0. The van der Waals surface area contributed by atoms with Crippen LogP contribution in [0.4, 0.5) is 5.82 Å². The van der Waals surface area contributed by atoms with E-state index in [2.05, 4.69) is 46.7 Å². The zero-order valence-electron chi connectivity index (χ0n) is 16.2. The number of aromatic nitrogens is 2. The number of benzene rings is 2. The number of hydrogen-bond donors (Lipinski definition) is 2. The first kappa shape index (κ1) is 19.0. The summed E-state index contributed by atoms with van der Waals surface area (Å²) in [6.45, 7) is 4.14. The van der Waals surface area contributed by atoms with Gasteiger partial charge in [-0.15, -0.1) is 5.14 Å². The highest BCUT2D eigenvalue weighted by Crippen LogP contribution is 2.36. The van der Waals surface area contributed by atoms with Crippen molar-refractivity contribution < 1.29 is 4.79 Å². The van der Waals surface area contributed by atoms with Crippen molar-refractivity contribution in [2.45, 2.75) is 13.8 Å². The van der Waals surface area contributed by atoms with Crippen LogP contribution in [-0.2, 0) is 0 Å². The number of carbonyl (C=O) groups excluding carboxylic acids is 1. The Morgan fingerprint density at radius 1 is 0.966 bits per heavy atom. The molecule has 5 nitrogen and oxygen atoms in total. The highest BCUT2D eigenvalue weighted by Gasteiger charge is 2.20. The monoisotopic (exact) mass is 401 g/mol. The summed E-state index contributed by atoms with van der Waals surface area (Å²) >= 11 is 0. The Morgan fingerprint density at radius 2 is 1.69 bits per heavy atom. The third-order valence-corrected chi connectivity index (χ3v) is 5.40. The molecule has 2 aromatic heterocycles. The second-order valence-corrected chi connectivity index (χ2v) is 8.06. The summed E-state index contributed by atoms with van der Waals surface area (Å²) in [6.07, 6.45) is 1.68. The lowest BCUT2D eigenvalue weighted by molar-refractivity contribution is 0.102. The topological polar surface area (TPSA) is 80.9 Å². The molecule has 0 aliphatic rings. The standard InChI is InChI=1S/C23H20N4OS/c1-15-10-16(2)12-19(11-15)22-20(14-29(24)27-22)18-8-9-25-21(13-18)26-23(28)17-6-4-3-5-7-17/h3-14,24H,1-2H3,(H,25,26,28)/p+1. The van der Waals surface area contributed by atoms with Crippen LogP contribution >= 0.6 is 10.9 Å². The number of amides is 1. The van der Waals surface area contributed by atoms with Crippen molar-refractivity contribution >= 4 is 22.6 Å². The van der Waals surface area contributed by atoms with E-state index >= 15 is 0 Å². The van der Waals surface area contributed by atoms with E-state index < -0.39 is 10.9 Å². The van der Waals surface area contributed by atoms with Gasteiger partial charge in [0.1, 0.15) is 11.5 Å². The van der Waals surface area contributed by atoms with E-state index in [4.69, 9.17) is 5.14 Å². The van der Waals surface area contributed by atoms with Crippen molar-refractivity contribution in [3.8, 4) is 22.4 Å². The lowest BCUT2D eigenvalue weighted by atomic mass is 9.99. The molecule has 4 rings (SSSR count). The van der Waals surface area contributed by atoms with Crippen LogP contribution in [0.1, 0.15) is 21.5 Å². The van der Waals surface area contributed by atoms with Crippen LogP contribution in [-0.4, -0.2) is 15.3 Å². The molecule has 0 aliphatic carbocycles. The number of nitrogen functional groups attached to an aromatic ring is 1. The van der Waals surface area contributed by atoms with Gasteiger partial charge in [0.15, 0.2) is 16.2 Å². The predicted molar refractivity (Wildman–Crippen MR) is 119 cm³/mol. The van der Waals surface area contributed by atoms with E-state index in [1.54, 1.807) is 18.3 Å². The molecule has 1 atom stereocenters. The molecule has 0 saturated carbocycles. The lowest BCUT2D eigenvalue weighted by Crippen LogP contribution is -2.12. The first-order chi connectivity index (χ1) is 14.0. The Bertz CT molecular complexity index is 1160. The number of nitrogens with two attached hydrogens (primary N) is 1. The Morgan fingerprint density at radius 3 is 2.41 bits per heavy atom. The summed E-state index contributed by atoms with van der Waals surface area (Å²) in [4.78, 5) is 16.7. The number of nitrogens with zero attached hydrogens (tertiary/aromatic N) is 2. The summed E-state index contributed by atoms with van der Waals surface area (Å²) in [6, 6.07) is 19.2. The number of nitrogens with one attached hydrogen (secondary N) is 1. The number of hydrogen-bond acceptors (Lipinski definition) is 4. The summed E-state index contributed by atoms with van der Waals surface area (Å²) in [5.74, 6) is 0.290. The van der Waals surface area contributed by atoms with Crippen molar-refractivity contribution in [2.75, 3.05) is 10.5 Å². The van der Waals surface area contributed by atoms with Crippen molar-refractivity contribution in [3.05, 3.63) is 88.9 Å². The number of pyridine rings is 1. The fraction of sp³-hybridized carbons (Fsp3) is 0.0870. The minimum atomic E-state index is -0.676. The number of rotatable bonds is 4. The number of carbonyl (C=O) groups is 1. The molecule has 0 bridgehead atoms. The molecular weight excluding hydrogens is 380 g/mol. The van der Waals surface area contributed by atoms with Crippen molar-refractivity contribution in [1.82, 2.24) is 9.36 Å². The SMILES string of the molecule is Cc1cc(C)cc(-c2n[s+](N)cc2-c2ccnc(NC(=O)c3ccccc3)c2)c1. The van der Waals surface area contributed by atoms with Crippen LogP contribution in [0.15, 0.2) is 72.2 Å².